The van der Waals surface area contributed by atoms with Crippen molar-refractivity contribution in [3.63, 3.8) is 0 Å². The predicted molar refractivity (Wildman–Crippen MR) is 103 cm³/mol. The minimum Gasteiger partial charge on any atom is -0.485 e. The van der Waals surface area contributed by atoms with Crippen molar-refractivity contribution in [2.75, 3.05) is 11.9 Å². The molecule has 0 saturated carbocycles. The molecule has 1 atom stereocenters. The average Bonchev–Trinajstić information content (AvgIpc) is 2.76. The van der Waals surface area contributed by atoms with E-state index in [1.165, 1.54) is 0 Å². The van der Waals surface area contributed by atoms with Crippen LogP contribution in [0, 0.1) is 17.5 Å². The Kier molecular flexibility index (Phi) is 5.33. The van der Waals surface area contributed by atoms with E-state index in [0.29, 0.717) is 18.4 Å². The number of aryl methyl sites for hydroxylation is 1. The molecule has 1 aliphatic heterocycles. The van der Waals surface area contributed by atoms with Crippen LogP contribution in [0.3, 0.4) is 0 Å². The third kappa shape index (κ3) is 3.82. The van der Waals surface area contributed by atoms with Crippen LogP contribution in [0.5, 0.6) is 5.75 Å². The van der Waals surface area contributed by atoms with E-state index in [1.807, 2.05) is 30.3 Å². The summed E-state index contributed by atoms with van der Waals surface area (Å²) in [7, 11) is 0. The quantitative estimate of drug-likeness (QED) is 0.374. The van der Waals surface area contributed by atoms with E-state index in [4.69, 9.17) is 4.74 Å². The highest BCUT2D eigenvalue weighted by Crippen LogP contribution is 2.47. The second-order valence-electron chi connectivity index (χ2n) is 7.37. The number of nitrogens with one attached hydrogen (secondary N) is 1. The number of halogens is 6. The average molecular weight is 437 g/mol. The Morgan fingerprint density at radius 1 is 0.839 bits per heavy atom. The van der Waals surface area contributed by atoms with E-state index in [0.717, 1.165) is 5.56 Å². The summed E-state index contributed by atoms with van der Waals surface area (Å²) >= 11 is 0. The highest BCUT2D eigenvalue weighted by Gasteiger charge is 2.46. The molecule has 0 saturated heterocycles. The molecule has 0 aromatic heterocycles. The number of fused-ring (bicyclic) bond motifs is 1. The van der Waals surface area contributed by atoms with Gasteiger partial charge in [-0.15, -0.1) is 0 Å². The minimum atomic E-state index is -5.41. The molecule has 1 aliphatic rings. The van der Waals surface area contributed by atoms with E-state index in [9.17, 15) is 26.3 Å². The summed E-state index contributed by atoms with van der Waals surface area (Å²) in [6.45, 7) is -0.224. The van der Waals surface area contributed by atoms with Gasteiger partial charge in [0.2, 0.25) is 5.82 Å². The summed E-state index contributed by atoms with van der Waals surface area (Å²) < 4.78 is 88.2. The molecule has 0 amide bonds. The van der Waals surface area contributed by atoms with Crippen LogP contribution >= 0.6 is 0 Å². The maximum Gasteiger partial charge on any atom is 0.422 e. The van der Waals surface area contributed by atoms with Crippen molar-refractivity contribution in [1.29, 1.82) is 0 Å². The van der Waals surface area contributed by atoms with Gasteiger partial charge in [-0.25, -0.2) is 8.78 Å². The van der Waals surface area contributed by atoms with E-state index in [-0.39, 0.29) is 6.61 Å². The molecular formula is C23H17F6NO. The van der Waals surface area contributed by atoms with Gasteiger partial charge in [0, 0.05) is 0 Å². The summed E-state index contributed by atoms with van der Waals surface area (Å²) in [6.07, 6.45) is -4.62. The van der Waals surface area contributed by atoms with Crippen LogP contribution < -0.4 is 10.1 Å². The zero-order chi connectivity index (χ0) is 22.2. The topological polar surface area (TPSA) is 21.3 Å². The summed E-state index contributed by atoms with van der Waals surface area (Å²) in [6, 6.07) is 17.9. The lowest BCUT2D eigenvalue weighted by Gasteiger charge is -2.41. The summed E-state index contributed by atoms with van der Waals surface area (Å²) in [4.78, 5) is 0. The molecule has 3 aromatic carbocycles. The molecule has 0 unspecified atom stereocenters. The maximum atomic E-state index is 14.8. The molecule has 162 valence electrons. The van der Waals surface area contributed by atoms with E-state index in [2.05, 4.69) is 5.32 Å². The van der Waals surface area contributed by atoms with Crippen molar-refractivity contribution in [2.45, 2.75) is 24.6 Å². The van der Waals surface area contributed by atoms with E-state index in [1.54, 1.807) is 30.3 Å². The number of benzene rings is 3. The van der Waals surface area contributed by atoms with Crippen molar-refractivity contribution in [3.05, 3.63) is 94.8 Å². The molecule has 4 rings (SSSR count). The van der Waals surface area contributed by atoms with Gasteiger partial charge in [-0.1, -0.05) is 60.7 Å². The van der Waals surface area contributed by atoms with Gasteiger partial charge in [-0.2, -0.15) is 17.6 Å². The fourth-order valence-corrected chi connectivity index (χ4v) is 3.80. The number of alkyl halides is 3. The fourth-order valence-electron chi connectivity index (χ4n) is 3.80. The summed E-state index contributed by atoms with van der Waals surface area (Å²) in [5, 5.41) is 2.74. The van der Waals surface area contributed by atoms with Crippen molar-refractivity contribution in [2.24, 2.45) is 0 Å². The monoisotopic (exact) mass is 437 g/mol. The van der Waals surface area contributed by atoms with Crippen molar-refractivity contribution in [3.8, 4) is 5.75 Å². The van der Waals surface area contributed by atoms with Crippen LogP contribution in [0.2, 0.25) is 0 Å². The Hall–Kier alpha value is -3.16. The molecule has 0 fully saturated rings. The van der Waals surface area contributed by atoms with Gasteiger partial charge in [-0.05, 0) is 24.0 Å². The molecule has 3 aromatic rings. The Balaban J connectivity index is 1.81. The Bertz CT molecular complexity index is 1080. The lowest BCUT2D eigenvalue weighted by molar-refractivity contribution is -0.142. The largest absolute Gasteiger partial charge is 0.485 e. The van der Waals surface area contributed by atoms with Crippen molar-refractivity contribution >= 4 is 5.69 Å². The molecule has 0 radical (unpaired) electrons. The lowest BCUT2D eigenvalue weighted by atomic mass is 9.83. The molecule has 0 spiro atoms. The number of anilines is 1. The zero-order valence-electron chi connectivity index (χ0n) is 16.1. The predicted octanol–water partition coefficient (Wildman–Crippen LogP) is 6.46. The van der Waals surface area contributed by atoms with Gasteiger partial charge in [0.15, 0.2) is 17.4 Å². The third-order valence-electron chi connectivity index (χ3n) is 5.40. The minimum absolute atomic E-state index is 0.224. The number of hydrogen-bond acceptors (Lipinski definition) is 2. The van der Waals surface area contributed by atoms with Gasteiger partial charge in [0.1, 0.15) is 17.9 Å². The van der Waals surface area contributed by atoms with E-state index >= 15 is 0 Å². The standard InChI is InChI=1S/C23H17F6NO/c24-17-16(23(27,28)29)18(25)20-21(19(17)26)31-13-22(30-20,15-9-5-2-6-10-15)12-11-14-7-3-1-4-8-14/h1-10,30H,11-13H2/t22-/m0/s1. The molecule has 8 heteroatoms. The van der Waals surface area contributed by atoms with Crippen molar-refractivity contribution in [1.82, 2.24) is 0 Å². The first-order valence-corrected chi connectivity index (χ1v) is 9.51. The van der Waals surface area contributed by atoms with Crippen LogP contribution in [0.1, 0.15) is 23.1 Å². The Morgan fingerprint density at radius 3 is 2.06 bits per heavy atom. The second kappa shape index (κ2) is 7.83. The Labute approximate surface area is 174 Å². The van der Waals surface area contributed by atoms with Gasteiger partial charge in [-0.3, -0.25) is 0 Å². The van der Waals surface area contributed by atoms with Crippen LogP contribution in [-0.2, 0) is 18.1 Å². The van der Waals surface area contributed by atoms with Gasteiger partial charge >= 0.3 is 6.18 Å². The Morgan fingerprint density at radius 2 is 1.45 bits per heavy atom. The molecule has 0 aliphatic carbocycles. The highest BCUT2D eigenvalue weighted by atomic mass is 19.4. The SMILES string of the molecule is Fc1c(F)c(C(F)(F)F)c(F)c2c1OC[C@@](CCc1ccccc1)(c1ccccc1)N2. The fraction of sp³-hybridized carbons (Fsp3) is 0.217. The summed E-state index contributed by atoms with van der Waals surface area (Å²) in [5.74, 6) is -7.02. The maximum absolute atomic E-state index is 14.8. The van der Waals surface area contributed by atoms with Crippen LogP contribution in [0.25, 0.3) is 0 Å². The molecule has 31 heavy (non-hydrogen) atoms. The van der Waals surface area contributed by atoms with Gasteiger partial charge in [0.25, 0.3) is 0 Å². The zero-order valence-corrected chi connectivity index (χ0v) is 16.1. The first-order valence-electron chi connectivity index (χ1n) is 9.51. The molecular weight excluding hydrogens is 420 g/mol. The second-order valence-corrected chi connectivity index (χ2v) is 7.37. The summed E-state index contributed by atoms with van der Waals surface area (Å²) in [5.41, 5.74) is -2.71. The first-order chi connectivity index (χ1) is 14.7. The third-order valence-corrected chi connectivity index (χ3v) is 5.40. The van der Waals surface area contributed by atoms with Crippen LogP contribution in [0.4, 0.5) is 32.0 Å². The molecule has 1 heterocycles. The van der Waals surface area contributed by atoms with Crippen LogP contribution in [-0.4, -0.2) is 6.61 Å². The highest BCUT2D eigenvalue weighted by molar-refractivity contribution is 5.65. The number of ether oxygens (including phenoxy) is 1. The smallest absolute Gasteiger partial charge is 0.422 e. The molecule has 2 nitrogen and oxygen atoms in total. The number of rotatable bonds is 4. The van der Waals surface area contributed by atoms with Crippen molar-refractivity contribution < 1.29 is 31.1 Å². The number of hydrogen-bond donors (Lipinski definition) is 1. The van der Waals surface area contributed by atoms with Gasteiger partial charge < -0.3 is 10.1 Å². The normalized spacial score (nSPS) is 18.1. The van der Waals surface area contributed by atoms with E-state index < -0.39 is 46.2 Å². The lowest BCUT2D eigenvalue weighted by Crippen LogP contribution is -2.45. The molecule has 1 N–H and O–H groups in total. The first kappa shape index (κ1) is 21.1. The van der Waals surface area contributed by atoms with Gasteiger partial charge in [0.05, 0.1) is 5.54 Å². The van der Waals surface area contributed by atoms with Crippen LogP contribution in [0.15, 0.2) is 60.7 Å². The molecule has 0 bridgehead atoms.